The van der Waals surface area contributed by atoms with Gasteiger partial charge in [0, 0.05) is 17.3 Å². The zero-order valence-electron chi connectivity index (χ0n) is 24.1. The van der Waals surface area contributed by atoms with Crippen LogP contribution in [0.2, 0.25) is 0 Å². The zero-order chi connectivity index (χ0) is 28.5. The molecule has 1 heteroatoms. The highest BCUT2D eigenvalue weighted by atomic mass is 14.7. The van der Waals surface area contributed by atoms with E-state index in [4.69, 9.17) is 4.98 Å². The number of pyridine rings is 1. The molecule has 0 aliphatic heterocycles. The summed E-state index contributed by atoms with van der Waals surface area (Å²) in [5.41, 5.74) is 9.75. The number of fused-ring (bicyclic) bond motifs is 3. The van der Waals surface area contributed by atoms with Crippen molar-refractivity contribution in [2.45, 2.75) is 26.7 Å². The van der Waals surface area contributed by atoms with Gasteiger partial charge in [0.25, 0.3) is 0 Å². The molecule has 0 saturated heterocycles. The van der Waals surface area contributed by atoms with Crippen molar-refractivity contribution in [1.29, 1.82) is 0 Å². The summed E-state index contributed by atoms with van der Waals surface area (Å²) < 4.78 is 0. The lowest BCUT2D eigenvalue weighted by atomic mass is 9.86. The van der Waals surface area contributed by atoms with E-state index in [-0.39, 0.29) is 0 Å². The Morgan fingerprint density at radius 3 is 1.81 bits per heavy atom. The number of allylic oxidation sites excluding steroid dienone is 1. The van der Waals surface area contributed by atoms with Gasteiger partial charge in [0.1, 0.15) is 0 Å². The van der Waals surface area contributed by atoms with E-state index < -0.39 is 0 Å². The van der Waals surface area contributed by atoms with Crippen LogP contribution in [0.5, 0.6) is 0 Å². The van der Waals surface area contributed by atoms with Crippen LogP contribution < -0.4 is 0 Å². The van der Waals surface area contributed by atoms with Crippen LogP contribution in [0.3, 0.4) is 0 Å². The SMILES string of the molecule is CC/C=C\c1cccc(-c2ccc(-c3c4ccccc4c(-c4ccc5ccccc5c4)c4ccccc34)cn2)c1CC. The summed E-state index contributed by atoms with van der Waals surface area (Å²) in [4.78, 5) is 5.06. The van der Waals surface area contributed by atoms with E-state index in [0.717, 1.165) is 24.1 Å². The first-order chi connectivity index (χ1) is 20.8. The van der Waals surface area contributed by atoms with Crippen LogP contribution in [0, 0.1) is 0 Å². The molecule has 202 valence electrons. The Kier molecular flexibility index (Phi) is 6.85. The van der Waals surface area contributed by atoms with Crippen LogP contribution in [0.15, 0.2) is 134 Å². The molecular weight excluding hydrogens is 506 g/mol. The van der Waals surface area contributed by atoms with Crippen molar-refractivity contribution in [3.05, 3.63) is 145 Å². The number of rotatable bonds is 6. The molecule has 1 aromatic heterocycles. The number of hydrogen-bond donors (Lipinski definition) is 0. The molecule has 0 bridgehead atoms. The van der Waals surface area contributed by atoms with Crippen LogP contribution in [0.4, 0.5) is 0 Å². The molecule has 7 rings (SSSR count). The smallest absolute Gasteiger partial charge is 0.0705 e. The minimum absolute atomic E-state index is 0.967. The van der Waals surface area contributed by atoms with Crippen LogP contribution in [-0.4, -0.2) is 4.98 Å². The second-order valence-electron chi connectivity index (χ2n) is 10.9. The molecule has 0 aliphatic carbocycles. The van der Waals surface area contributed by atoms with Gasteiger partial charge in [-0.3, -0.25) is 4.98 Å². The van der Waals surface area contributed by atoms with Gasteiger partial charge in [0.15, 0.2) is 0 Å². The summed E-state index contributed by atoms with van der Waals surface area (Å²) >= 11 is 0. The molecule has 0 spiro atoms. The molecule has 0 amide bonds. The van der Waals surface area contributed by atoms with E-state index in [1.165, 1.54) is 65.7 Å². The summed E-state index contributed by atoms with van der Waals surface area (Å²) in [6.07, 6.45) is 8.53. The number of nitrogens with zero attached hydrogens (tertiary/aromatic N) is 1. The maximum Gasteiger partial charge on any atom is 0.0705 e. The van der Waals surface area contributed by atoms with Gasteiger partial charge in [-0.25, -0.2) is 0 Å². The average Bonchev–Trinajstić information content (AvgIpc) is 3.06. The summed E-state index contributed by atoms with van der Waals surface area (Å²) in [6.45, 7) is 4.40. The quantitative estimate of drug-likeness (QED) is 0.192. The molecular formula is C41H33N. The Morgan fingerprint density at radius 2 is 1.19 bits per heavy atom. The van der Waals surface area contributed by atoms with Crippen molar-refractivity contribution >= 4 is 38.4 Å². The van der Waals surface area contributed by atoms with Crippen molar-refractivity contribution in [1.82, 2.24) is 4.98 Å². The third kappa shape index (κ3) is 4.48. The van der Waals surface area contributed by atoms with Gasteiger partial charge in [-0.05, 0) is 85.1 Å². The van der Waals surface area contributed by atoms with Crippen molar-refractivity contribution in [3.63, 3.8) is 0 Å². The first-order valence-corrected chi connectivity index (χ1v) is 14.9. The Morgan fingerprint density at radius 1 is 0.571 bits per heavy atom. The van der Waals surface area contributed by atoms with E-state index in [1.807, 2.05) is 0 Å². The van der Waals surface area contributed by atoms with Gasteiger partial charge >= 0.3 is 0 Å². The van der Waals surface area contributed by atoms with E-state index in [1.54, 1.807) is 0 Å². The Labute approximate surface area is 247 Å². The van der Waals surface area contributed by atoms with Gasteiger partial charge in [-0.15, -0.1) is 0 Å². The summed E-state index contributed by atoms with van der Waals surface area (Å²) in [5.74, 6) is 0. The second-order valence-corrected chi connectivity index (χ2v) is 10.9. The van der Waals surface area contributed by atoms with E-state index in [0.29, 0.717) is 0 Å². The molecule has 1 heterocycles. The Balaban J connectivity index is 1.42. The third-order valence-electron chi connectivity index (χ3n) is 8.40. The van der Waals surface area contributed by atoms with Crippen molar-refractivity contribution in [2.24, 2.45) is 0 Å². The van der Waals surface area contributed by atoms with Gasteiger partial charge in [-0.1, -0.05) is 135 Å². The molecule has 0 fully saturated rings. The van der Waals surface area contributed by atoms with Gasteiger partial charge in [0.05, 0.1) is 5.69 Å². The van der Waals surface area contributed by atoms with Crippen LogP contribution >= 0.6 is 0 Å². The third-order valence-corrected chi connectivity index (χ3v) is 8.40. The first-order valence-electron chi connectivity index (χ1n) is 14.9. The van der Waals surface area contributed by atoms with Crippen LogP contribution in [0.1, 0.15) is 31.4 Å². The molecule has 0 atom stereocenters. The average molecular weight is 540 g/mol. The fraction of sp³-hybridized carbons (Fsp3) is 0.0976. The largest absolute Gasteiger partial charge is 0.256 e. The van der Waals surface area contributed by atoms with E-state index >= 15 is 0 Å². The lowest BCUT2D eigenvalue weighted by molar-refractivity contribution is 1.13. The van der Waals surface area contributed by atoms with Gasteiger partial charge < -0.3 is 0 Å². The predicted molar refractivity (Wildman–Crippen MR) is 182 cm³/mol. The highest BCUT2D eigenvalue weighted by Gasteiger charge is 2.17. The van der Waals surface area contributed by atoms with Crippen LogP contribution in [0.25, 0.3) is 71.9 Å². The molecule has 1 nitrogen and oxygen atoms in total. The minimum Gasteiger partial charge on any atom is -0.256 e. The molecule has 7 aromatic rings. The first kappa shape index (κ1) is 25.9. The standard InChI is InChI=1S/C41H33N/c1-3-5-13-29-16-12-21-34(33(29)4-2)39-25-24-32(27-42-39)41-37-19-10-8-17-35(37)40(36-18-9-11-20-38(36)41)31-23-22-28-14-6-7-15-30(28)26-31/h5-27H,3-4H2,1-2H3/b13-5-. The van der Waals surface area contributed by atoms with E-state index in [9.17, 15) is 0 Å². The summed E-state index contributed by atoms with van der Waals surface area (Å²) in [6, 6.07) is 44.1. The molecule has 0 aliphatic rings. The molecule has 42 heavy (non-hydrogen) atoms. The highest BCUT2D eigenvalue weighted by Crippen LogP contribution is 2.44. The molecule has 0 saturated carbocycles. The zero-order valence-corrected chi connectivity index (χ0v) is 24.1. The lowest BCUT2D eigenvalue weighted by Gasteiger charge is -2.18. The Hall–Kier alpha value is -5.01. The monoisotopic (exact) mass is 539 g/mol. The minimum atomic E-state index is 0.967. The van der Waals surface area contributed by atoms with Crippen molar-refractivity contribution < 1.29 is 0 Å². The van der Waals surface area contributed by atoms with Crippen LogP contribution in [-0.2, 0) is 6.42 Å². The number of aromatic nitrogens is 1. The van der Waals surface area contributed by atoms with Crippen molar-refractivity contribution in [3.8, 4) is 33.5 Å². The van der Waals surface area contributed by atoms with Gasteiger partial charge in [-0.2, -0.15) is 0 Å². The molecule has 6 aromatic carbocycles. The predicted octanol–water partition coefficient (Wildman–Crippen LogP) is 11.5. The molecule has 0 radical (unpaired) electrons. The lowest BCUT2D eigenvalue weighted by Crippen LogP contribution is -1.95. The van der Waals surface area contributed by atoms with E-state index in [2.05, 4.69) is 154 Å². The Bertz CT molecular complexity index is 2040. The highest BCUT2D eigenvalue weighted by molar-refractivity contribution is 6.21. The maximum atomic E-state index is 5.06. The topological polar surface area (TPSA) is 12.9 Å². The fourth-order valence-electron chi connectivity index (χ4n) is 6.44. The number of hydrogen-bond acceptors (Lipinski definition) is 1. The second kappa shape index (κ2) is 11.1. The van der Waals surface area contributed by atoms with Crippen molar-refractivity contribution in [2.75, 3.05) is 0 Å². The van der Waals surface area contributed by atoms with Gasteiger partial charge in [0.2, 0.25) is 0 Å². The molecule has 0 unspecified atom stereocenters. The number of benzene rings is 6. The summed E-state index contributed by atoms with van der Waals surface area (Å²) in [7, 11) is 0. The summed E-state index contributed by atoms with van der Waals surface area (Å²) in [5, 5.41) is 7.52. The maximum absolute atomic E-state index is 5.06. The molecule has 0 N–H and O–H groups in total. The fourth-order valence-corrected chi connectivity index (χ4v) is 6.44. The normalized spacial score (nSPS) is 11.7.